The van der Waals surface area contributed by atoms with E-state index in [0.717, 1.165) is 0 Å². The van der Waals surface area contributed by atoms with Gasteiger partial charge >= 0.3 is 113 Å². The molecule has 0 aromatic heterocycles. The Morgan fingerprint density at radius 2 is 1.82 bits per heavy atom. The average molecular weight is 342 g/mol. The molecule has 1 unspecified atom stereocenters. The van der Waals surface area contributed by atoms with Crippen molar-refractivity contribution in [1.82, 2.24) is 0 Å². The van der Waals surface area contributed by atoms with Crippen LogP contribution in [0.4, 0.5) is 0 Å². The van der Waals surface area contributed by atoms with Gasteiger partial charge in [0.1, 0.15) is 0 Å². The standard InChI is InChI=1S/C16H23I/c1-10(2)14-7-11(3)8-15-12(4)9-13(5)17(6)16(14)15/h7-10,12H,1-6H3. The van der Waals surface area contributed by atoms with Crippen molar-refractivity contribution in [1.29, 1.82) is 0 Å². The van der Waals surface area contributed by atoms with E-state index in [2.05, 4.69) is 57.8 Å². The molecule has 0 amide bonds. The number of allylic oxidation sites excluding steroid dienone is 2. The van der Waals surface area contributed by atoms with Crippen LogP contribution in [0.1, 0.15) is 56.2 Å². The number of alkyl halides is 1. The molecule has 1 aromatic rings. The van der Waals surface area contributed by atoms with E-state index in [1.54, 1.807) is 18.3 Å². The Bertz CT molecular complexity index is 469. The molecule has 1 heterocycles. The van der Waals surface area contributed by atoms with Crippen LogP contribution in [0, 0.1) is 10.5 Å². The summed E-state index contributed by atoms with van der Waals surface area (Å²) in [5.41, 5.74) is 4.66. The first-order chi connectivity index (χ1) is 7.91. The predicted octanol–water partition coefficient (Wildman–Crippen LogP) is 5.45. The second-order valence-electron chi connectivity index (χ2n) is 5.43. The Hall–Kier alpha value is -0.310. The molecule has 0 nitrogen and oxygen atoms in total. The van der Waals surface area contributed by atoms with Gasteiger partial charge in [-0.2, -0.15) is 0 Å². The van der Waals surface area contributed by atoms with Crippen LogP contribution < -0.4 is 0 Å². The zero-order valence-electron chi connectivity index (χ0n) is 11.8. The maximum absolute atomic E-state index is 2.50. The van der Waals surface area contributed by atoms with Crippen molar-refractivity contribution in [3.63, 3.8) is 0 Å². The number of hydrogen-bond donors (Lipinski definition) is 0. The third-order valence-corrected chi connectivity index (χ3v) is 9.37. The van der Waals surface area contributed by atoms with E-state index in [0.29, 0.717) is 11.8 Å². The summed E-state index contributed by atoms with van der Waals surface area (Å²) in [6, 6.07) is 4.84. The molecular weight excluding hydrogens is 319 g/mol. The average Bonchev–Trinajstić information content (AvgIpc) is 2.25. The number of rotatable bonds is 1. The summed E-state index contributed by atoms with van der Waals surface area (Å²) in [7, 11) is 0. The van der Waals surface area contributed by atoms with Crippen molar-refractivity contribution in [3.05, 3.63) is 42.0 Å². The van der Waals surface area contributed by atoms with Gasteiger partial charge in [0, 0.05) is 0 Å². The van der Waals surface area contributed by atoms with Gasteiger partial charge in [0.25, 0.3) is 0 Å². The molecule has 1 aromatic carbocycles. The Kier molecular flexibility index (Phi) is 3.67. The summed E-state index contributed by atoms with van der Waals surface area (Å²) < 4.78 is 3.43. The third-order valence-electron chi connectivity index (χ3n) is 3.60. The molecule has 1 aliphatic rings. The van der Waals surface area contributed by atoms with Gasteiger partial charge in [0.15, 0.2) is 0 Å². The maximum atomic E-state index is 2.50. The monoisotopic (exact) mass is 342 g/mol. The Morgan fingerprint density at radius 3 is 2.41 bits per heavy atom. The predicted molar refractivity (Wildman–Crippen MR) is 86.1 cm³/mol. The fraction of sp³-hybridized carbons (Fsp3) is 0.500. The number of fused-ring (bicyclic) bond motifs is 1. The quantitative estimate of drug-likeness (QED) is 0.471. The first kappa shape index (κ1) is 13.1. The Morgan fingerprint density at radius 1 is 1.18 bits per heavy atom. The minimum absolute atomic E-state index is 0.607. The molecule has 94 valence electrons. The molecule has 0 aliphatic carbocycles. The summed E-state index contributed by atoms with van der Waals surface area (Å²) in [4.78, 5) is 2.50. The van der Waals surface area contributed by atoms with Crippen LogP contribution >= 0.6 is 19.8 Å². The van der Waals surface area contributed by atoms with Gasteiger partial charge in [0.05, 0.1) is 0 Å². The zero-order chi connectivity index (χ0) is 12.7. The van der Waals surface area contributed by atoms with E-state index >= 15 is 0 Å². The first-order valence-electron chi connectivity index (χ1n) is 6.34. The molecule has 0 saturated heterocycles. The van der Waals surface area contributed by atoms with E-state index in [1.165, 1.54) is 5.56 Å². The van der Waals surface area contributed by atoms with Crippen LogP contribution in [-0.4, -0.2) is 4.93 Å². The molecule has 0 bridgehead atoms. The van der Waals surface area contributed by atoms with Crippen LogP contribution in [0.25, 0.3) is 0 Å². The third kappa shape index (κ3) is 2.31. The van der Waals surface area contributed by atoms with E-state index in [9.17, 15) is 0 Å². The van der Waals surface area contributed by atoms with Crippen molar-refractivity contribution in [3.8, 4) is 0 Å². The van der Waals surface area contributed by atoms with Gasteiger partial charge in [-0.1, -0.05) is 0 Å². The van der Waals surface area contributed by atoms with Gasteiger partial charge < -0.3 is 0 Å². The van der Waals surface area contributed by atoms with Crippen molar-refractivity contribution in [2.45, 2.75) is 46.5 Å². The minimum atomic E-state index is -1.07. The van der Waals surface area contributed by atoms with E-state index in [-0.39, 0.29) is 0 Å². The van der Waals surface area contributed by atoms with Crippen molar-refractivity contribution >= 4 is 19.8 Å². The van der Waals surface area contributed by atoms with Crippen LogP contribution in [0.5, 0.6) is 0 Å². The Labute approximate surface area is 113 Å². The number of hydrogen-bond acceptors (Lipinski definition) is 0. The van der Waals surface area contributed by atoms with Gasteiger partial charge in [-0.3, -0.25) is 0 Å². The van der Waals surface area contributed by atoms with E-state index in [4.69, 9.17) is 0 Å². The number of benzene rings is 1. The molecule has 1 atom stereocenters. The molecule has 0 radical (unpaired) electrons. The molecule has 0 spiro atoms. The van der Waals surface area contributed by atoms with Crippen LogP contribution in [0.3, 0.4) is 0 Å². The van der Waals surface area contributed by atoms with Gasteiger partial charge in [-0.25, -0.2) is 0 Å². The summed E-state index contributed by atoms with van der Waals surface area (Å²) in [5.74, 6) is 1.26. The molecular formula is C16H23I. The van der Waals surface area contributed by atoms with Gasteiger partial charge in [-0.15, -0.1) is 0 Å². The Balaban J connectivity index is 2.69. The van der Waals surface area contributed by atoms with E-state index < -0.39 is 19.8 Å². The molecule has 2 rings (SSSR count). The molecule has 1 aliphatic heterocycles. The molecule has 0 fully saturated rings. The first-order valence-corrected chi connectivity index (χ1v) is 10.7. The van der Waals surface area contributed by atoms with E-state index in [1.807, 2.05) is 0 Å². The second kappa shape index (κ2) is 4.75. The van der Waals surface area contributed by atoms with Crippen molar-refractivity contribution < 1.29 is 0 Å². The molecule has 0 N–H and O–H groups in total. The summed E-state index contributed by atoms with van der Waals surface area (Å²) >= 11 is -1.07. The van der Waals surface area contributed by atoms with Crippen molar-refractivity contribution in [2.24, 2.45) is 0 Å². The summed E-state index contributed by atoms with van der Waals surface area (Å²) in [5, 5.41) is 0. The van der Waals surface area contributed by atoms with Crippen LogP contribution in [0.15, 0.2) is 21.8 Å². The van der Waals surface area contributed by atoms with Crippen LogP contribution in [0.2, 0.25) is 0 Å². The molecule has 0 saturated carbocycles. The SMILES string of the molecule is CC1=CC(C)c2cc(C)cc(C(C)C)c2I1C. The fourth-order valence-corrected chi connectivity index (χ4v) is 7.81. The number of halogens is 1. The van der Waals surface area contributed by atoms with Crippen LogP contribution in [-0.2, 0) is 0 Å². The number of aryl methyl sites for hydroxylation is 1. The topological polar surface area (TPSA) is 0 Å². The summed E-state index contributed by atoms with van der Waals surface area (Å²) in [6.07, 6.45) is 2.50. The normalized spacial score (nSPS) is 21.5. The zero-order valence-corrected chi connectivity index (χ0v) is 13.9. The van der Waals surface area contributed by atoms with Gasteiger partial charge in [0.2, 0.25) is 0 Å². The summed E-state index contributed by atoms with van der Waals surface area (Å²) in [6.45, 7) is 11.6. The van der Waals surface area contributed by atoms with Crippen molar-refractivity contribution in [2.75, 3.05) is 4.93 Å². The van der Waals surface area contributed by atoms with Gasteiger partial charge in [-0.05, 0) is 0 Å². The second-order valence-corrected chi connectivity index (χ2v) is 10.9. The fourth-order valence-electron chi connectivity index (χ4n) is 2.58. The molecule has 1 heteroatoms. The molecule has 17 heavy (non-hydrogen) atoms.